The van der Waals surface area contributed by atoms with Crippen LogP contribution in [0.5, 0.6) is 5.75 Å². The van der Waals surface area contributed by atoms with E-state index in [9.17, 15) is 9.59 Å². The number of unbranched alkanes of at least 4 members (excludes halogenated alkanes) is 1. The van der Waals surface area contributed by atoms with Gasteiger partial charge in [0, 0.05) is 13.0 Å². The van der Waals surface area contributed by atoms with E-state index in [0.29, 0.717) is 19.4 Å². The summed E-state index contributed by atoms with van der Waals surface area (Å²) in [6.45, 7) is 0.484. The standard InChI is InChI=1S/C16H21NO4/c18-15(17-9-2-1-6-16(19)20)11-21-14-8-7-12-4-3-5-13(12)10-14/h7-8,10H,1-6,9,11H2,(H,17,18)(H,19,20). The van der Waals surface area contributed by atoms with E-state index in [1.54, 1.807) is 0 Å². The van der Waals surface area contributed by atoms with Gasteiger partial charge in [0.2, 0.25) is 0 Å². The molecule has 0 aliphatic heterocycles. The van der Waals surface area contributed by atoms with E-state index < -0.39 is 5.97 Å². The van der Waals surface area contributed by atoms with Crippen molar-refractivity contribution in [3.8, 4) is 5.75 Å². The Morgan fingerprint density at radius 3 is 2.81 bits per heavy atom. The zero-order chi connectivity index (χ0) is 15.1. The van der Waals surface area contributed by atoms with Crippen molar-refractivity contribution >= 4 is 11.9 Å². The molecule has 1 amide bonds. The van der Waals surface area contributed by atoms with Crippen molar-refractivity contribution in [3.05, 3.63) is 29.3 Å². The highest BCUT2D eigenvalue weighted by Gasteiger charge is 2.11. The molecule has 114 valence electrons. The number of carbonyl (C=O) groups excluding carboxylic acids is 1. The molecule has 0 radical (unpaired) electrons. The summed E-state index contributed by atoms with van der Waals surface area (Å²) >= 11 is 0. The summed E-state index contributed by atoms with van der Waals surface area (Å²) in [6, 6.07) is 5.99. The van der Waals surface area contributed by atoms with Crippen molar-refractivity contribution in [2.75, 3.05) is 13.2 Å². The number of rotatable bonds is 8. The van der Waals surface area contributed by atoms with Crippen LogP contribution in [0.1, 0.15) is 36.8 Å². The second kappa shape index (κ2) is 7.67. The van der Waals surface area contributed by atoms with E-state index in [4.69, 9.17) is 9.84 Å². The molecule has 1 aromatic rings. The van der Waals surface area contributed by atoms with Gasteiger partial charge in [-0.15, -0.1) is 0 Å². The first-order valence-electron chi connectivity index (χ1n) is 7.38. The molecule has 1 aliphatic rings. The molecule has 0 spiro atoms. The molecule has 0 saturated carbocycles. The summed E-state index contributed by atoms with van der Waals surface area (Å²) in [4.78, 5) is 21.9. The average Bonchev–Trinajstić information content (AvgIpc) is 2.92. The van der Waals surface area contributed by atoms with Gasteiger partial charge in [-0.1, -0.05) is 6.07 Å². The number of hydrogen-bond donors (Lipinski definition) is 2. The van der Waals surface area contributed by atoms with Gasteiger partial charge in [0.1, 0.15) is 5.75 Å². The smallest absolute Gasteiger partial charge is 0.303 e. The van der Waals surface area contributed by atoms with Gasteiger partial charge in [0.15, 0.2) is 6.61 Å². The van der Waals surface area contributed by atoms with Crippen LogP contribution in [0.15, 0.2) is 18.2 Å². The van der Waals surface area contributed by atoms with Crippen LogP contribution in [-0.2, 0) is 22.4 Å². The number of hydrogen-bond acceptors (Lipinski definition) is 3. The second-order valence-corrected chi connectivity index (χ2v) is 5.27. The van der Waals surface area contributed by atoms with Crippen LogP contribution in [0.3, 0.4) is 0 Å². The summed E-state index contributed by atoms with van der Waals surface area (Å²) in [5.74, 6) is -0.247. The maximum atomic E-state index is 11.6. The third-order valence-electron chi connectivity index (χ3n) is 3.58. The third-order valence-corrected chi connectivity index (χ3v) is 3.58. The molecule has 0 unspecified atom stereocenters. The quantitative estimate of drug-likeness (QED) is 0.718. The number of benzene rings is 1. The highest BCUT2D eigenvalue weighted by atomic mass is 16.5. The third kappa shape index (κ3) is 5.10. The number of carbonyl (C=O) groups is 2. The maximum Gasteiger partial charge on any atom is 0.303 e. The van der Waals surface area contributed by atoms with Crippen LogP contribution >= 0.6 is 0 Å². The zero-order valence-electron chi connectivity index (χ0n) is 12.1. The molecular weight excluding hydrogens is 270 g/mol. The van der Waals surface area contributed by atoms with Crippen LogP contribution in [-0.4, -0.2) is 30.1 Å². The van der Waals surface area contributed by atoms with Crippen molar-refractivity contribution in [2.24, 2.45) is 0 Å². The fourth-order valence-electron chi connectivity index (χ4n) is 2.47. The lowest BCUT2D eigenvalue weighted by Crippen LogP contribution is -2.29. The van der Waals surface area contributed by atoms with Gasteiger partial charge < -0.3 is 15.2 Å². The molecule has 0 heterocycles. The Bertz CT molecular complexity index is 513. The molecule has 0 atom stereocenters. The Balaban J connectivity index is 1.63. The summed E-state index contributed by atoms with van der Waals surface area (Å²) in [6.07, 6.45) is 4.78. The zero-order valence-corrected chi connectivity index (χ0v) is 12.1. The van der Waals surface area contributed by atoms with Gasteiger partial charge in [-0.25, -0.2) is 0 Å². The van der Waals surface area contributed by atoms with Crippen LogP contribution < -0.4 is 10.1 Å². The highest BCUT2D eigenvalue weighted by Crippen LogP contribution is 2.25. The van der Waals surface area contributed by atoms with Crippen molar-refractivity contribution in [2.45, 2.75) is 38.5 Å². The Kier molecular flexibility index (Phi) is 5.60. The van der Waals surface area contributed by atoms with Gasteiger partial charge in [-0.05, 0) is 55.4 Å². The molecule has 0 saturated heterocycles. The van der Waals surface area contributed by atoms with Gasteiger partial charge in [0.25, 0.3) is 5.91 Å². The van der Waals surface area contributed by atoms with E-state index in [1.807, 2.05) is 12.1 Å². The number of carboxylic acids is 1. The first-order chi connectivity index (χ1) is 10.1. The van der Waals surface area contributed by atoms with Crippen molar-refractivity contribution in [3.63, 3.8) is 0 Å². The number of aryl methyl sites for hydroxylation is 2. The first-order valence-corrected chi connectivity index (χ1v) is 7.38. The van der Waals surface area contributed by atoms with Gasteiger partial charge in [0.05, 0.1) is 0 Å². The fourth-order valence-corrected chi connectivity index (χ4v) is 2.47. The van der Waals surface area contributed by atoms with Gasteiger partial charge in [-0.3, -0.25) is 9.59 Å². The van der Waals surface area contributed by atoms with E-state index in [0.717, 1.165) is 18.6 Å². The molecule has 1 aromatic carbocycles. The van der Waals surface area contributed by atoms with Crippen LogP contribution in [0.2, 0.25) is 0 Å². The van der Waals surface area contributed by atoms with Gasteiger partial charge >= 0.3 is 5.97 Å². The molecule has 2 N–H and O–H groups in total. The van der Waals surface area contributed by atoms with Crippen molar-refractivity contribution in [1.29, 1.82) is 0 Å². The largest absolute Gasteiger partial charge is 0.484 e. The maximum absolute atomic E-state index is 11.6. The Hall–Kier alpha value is -2.04. The predicted molar refractivity (Wildman–Crippen MR) is 78.5 cm³/mol. The number of amides is 1. The summed E-state index contributed by atoms with van der Waals surface area (Å²) in [5, 5.41) is 11.2. The second-order valence-electron chi connectivity index (χ2n) is 5.27. The lowest BCUT2D eigenvalue weighted by atomic mass is 10.1. The monoisotopic (exact) mass is 291 g/mol. The van der Waals surface area contributed by atoms with Gasteiger partial charge in [-0.2, -0.15) is 0 Å². The van der Waals surface area contributed by atoms with Crippen molar-refractivity contribution in [1.82, 2.24) is 5.32 Å². The SMILES string of the molecule is O=C(O)CCCCNC(=O)COc1ccc2c(c1)CCC2. The number of nitrogens with one attached hydrogen (secondary N) is 1. The van der Waals surface area contributed by atoms with E-state index in [-0.39, 0.29) is 18.9 Å². The molecule has 0 fully saturated rings. The van der Waals surface area contributed by atoms with Crippen LogP contribution in [0, 0.1) is 0 Å². The average molecular weight is 291 g/mol. The Morgan fingerprint density at radius 2 is 2.00 bits per heavy atom. The van der Waals surface area contributed by atoms with Crippen molar-refractivity contribution < 1.29 is 19.4 Å². The summed E-state index contributed by atoms with van der Waals surface area (Å²) < 4.78 is 5.48. The lowest BCUT2D eigenvalue weighted by Gasteiger charge is -2.08. The van der Waals surface area contributed by atoms with E-state index in [2.05, 4.69) is 11.4 Å². The van der Waals surface area contributed by atoms with Crippen LogP contribution in [0.4, 0.5) is 0 Å². The minimum absolute atomic E-state index is 0.00226. The van der Waals surface area contributed by atoms with E-state index in [1.165, 1.54) is 17.5 Å². The summed E-state index contributed by atoms with van der Waals surface area (Å²) in [5.41, 5.74) is 2.70. The summed E-state index contributed by atoms with van der Waals surface area (Å²) in [7, 11) is 0. The number of fused-ring (bicyclic) bond motifs is 1. The minimum atomic E-state index is -0.804. The molecule has 0 aromatic heterocycles. The number of aliphatic carboxylic acids is 1. The molecule has 21 heavy (non-hydrogen) atoms. The number of ether oxygens (including phenoxy) is 1. The molecule has 5 nitrogen and oxygen atoms in total. The molecular formula is C16H21NO4. The Morgan fingerprint density at radius 1 is 1.19 bits per heavy atom. The normalized spacial score (nSPS) is 12.8. The topological polar surface area (TPSA) is 75.6 Å². The van der Waals surface area contributed by atoms with Crippen LogP contribution in [0.25, 0.3) is 0 Å². The predicted octanol–water partition coefficient (Wildman–Crippen LogP) is 1.93. The lowest BCUT2D eigenvalue weighted by molar-refractivity contribution is -0.137. The molecule has 5 heteroatoms. The molecule has 1 aliphatic carbocycles. The Labute approximate surface area is 124 Å². The first kappa shape index (κ1) is 15.4. The highest BCUT2D eigenvalue weighted by molar-refractivity contribution is 5.77. The molecule has 2 rings (SSSR count). The number of carboxylic acid groups (broad SMARTS) is 1. The fraction of sp³-hybridized carbons (Fsp3) is 0.500. The molecule has 0 bridgehead atoms. The minimum Gasteiger partial charge on any atom is -0.484 e. The van der Waals surface area contributed by atoms with E-state index >= 15 is 0 Å².